The zero-order chi connectivity index (χ0) is 15.1. The average Bonchev–Trinajstić information content (AvgIpc) is 3.06. The summed E-state index contributed by atoms with van der Waals surface area (Å²) in [5.74, 6) is 0.191. The molecule has 1 aliphatic carbocycles. The van der Waals surface area contributed by atoms with E-state index in [2.05, 4.69) is 15.0 Å². The number of fused-ring (bicyclic) bond motifs is 3. The second-order valence-electron chi connectivity index (χ2n) is 5.72. The van der Waals surface area contributed by atoms with Gasteiger partial charge in [0, 0.05) is 5.41 Å². The lowest BCUT2D eigenvalue weighted by atomic mass is 9.90. The number of aliphatic imine (C=N–C) groups is 1. The van der Waals surface area contributed by atoms with Gasteiger partial charge in [-0.25, -0.2) is 0 Å². The van der Waals surface area contributed by atoms with E-state index < -0.39 is 6.61 Å². The van der Waals surface area contributed by atoms with Gasteiger partial charge in [-0.05, 0) is 42.7 Å². The Labute approximate surface area is 132 Å². The Bertz CT molecular complexity index is 630. The predicted molar refractivity (Wildman–Crippen MR) is 84.0 cm³/mol. The van der Waals surface area contributed by atoms with Crippen LogP contribution in [0.2, 0.25) is 0 Å². The molecule has 1 aromatic carbocycles. The van der Waals surface area contributed by atoms with Gasteiger partial charge in [0.1, 0.15) is 5.75 Å². The van der Waals surface area contributed by atoms with Crippen LogP contribution in [0.15, 0.2) is 34.7 Å². The summed E-state index contributed by atoms with van der Waals surface area (Å²) in [6, 6.07) is 7.74. The van der Waals surface area contributed by atoms with Crippen molar-refractivity contribution in [3.8, 4) is 5.75 Å². The Balaban J connectivity index is 1.57. The van der Waals surface area contributed by atoms with Crippen LogP contribution < -0.4 is 4.74 Å². The lowest BCUT2D eigenvalue weighted by molar-refractivity contribution is -0.0498. The summed E-state index contributed by atoms with van der Waals surface area (Å²) in [4.78, 5) is 7.17. The van der Waals surface area contributed by atoms with Crippen molar-refractivity contribution >= 4 is 22.6 Å². The molecule has 1 saturated carbocycles. The largest absolute Gasteiger partial charge is 0.435 e. The SMILES string of the molecule is FC(F)Oc1ccc(C2=CSC3=N[C@@H]4CCCC[C@H]4N23)cc1. The van der Waals surface area contributed by atoms with Gasteiger partial charge in [-0.2, -0.15) is 8.78 Å². The maximum Gasteiger partial charge on any atom is 0.387 e. The number of benzene rings is 1. The molecule has 4 rings (SSSR count). The van der Waals surface area contributed by atoms with Crippen LogP contribution in [0.3, 0.4) is 0 Å². The summed E-state index contributed by atoms with van der Waals surface area (Å²) in [6.45, 7) is -2.78. The van der Waals surface area contributed by atoms with Gasteiger partial charge in [-0.3, -0.25) is 4.99 Å². The second-order valence-corrected chi connectivity index (χ2v) is 6.56. The molecule has 2 atom stereocenters. The van der Waals surface area contributed by atoms with Crippen LogP contribution in [0.25, 0.3) is 5.70 Å². The molecule has 116 valence electrons. The second kappa shape index (κ2) is 5.57. The highest BCUT2D eigenvalue weighted by molar-refractivity contribution is 8.16. The number of hydrogen-bond donors (Lipinski definition) is 0. The third-order valence-corrected chi connectivity index (χ3v) is 5.27. The number of amidine groups is 1. The summed E-state index contributed by atoms with van der Waals surface area (Å²) < 4.78 is 28.9. The topological polar surface area (TPSA) is 24.8 Å². The van der Waals surface area contributed by atoms with E-state index in [0.717, 1.165) is 16.4 Å². The zero-order valence-electron chi connectivity index (χ0n) is 11.9. The Morgan fingerprint density at radius 3 is 2.73 bits per heavy atom. The van der Waals surface area contributed by atoms with Gasteiger partial charge in [0.15, 0.2) is 5.17 Å². The molecule has 1 fully saturated rings. The minimum atomic E-state index is -2.78. The van der Waals surface area contributed by atoms with E-state index in [0.29, 0.717) is 12.1 Å². The minimum absolute atomic E-state index is 0.191. The molecular weight excluding hydrogens is 306 g/mol. The van der Waals surface area contributed by atoms with Gasteiger partial charge < -0.3 is 9.64 Å². The van der Waals surface area contributed by atoms with Gasteiger partial charge in [0.2, 0.25) is 0 Å². The fraction of sp³-hybridized carbons (Fsp3) is 0.438. The molecular formula is C16H16F2N2OS. The summed E-state index contributed by atoms with van der Waals surface area (Å²) in [5, 5.41) is 3.19. The molecule has 0 aromatic heterocycles. The molecule has 0 N–H and O–H groups in total. The van der Waals surface area contributed by atoms with E-state index in [4.69, 9.17) is 4.99 Å². The van der Waals surface area contributed by atoms with Crippen molar-refractivity contribution in [2.45, 2.75) is 44.4 Å². The summed E-state index contributed by atoms with van der Waals surface area (Å²) in [5.41, 5.74) is 2.15. The first-order valence-electron chi connectivity index (χ1n) is 7.51. The fourth-order valence-corrected chi connectivity index (χ4v) is 4.45. The van der Waals surface area contributed by atoms with E-state index in [1.54, 1.807) is 23.9 Å². The van der Waals surface area contributed by atoms with Crippen LogP contribution in [0, 0.1) is 0 Å². The molecule has 3 aliphatic rings. The van der Waals surface area contributed by atoms with Gasteiger partial charge >= 0.3 is 6.61 Å². The first-order chi connectivity index (χ1) is 10.7. The molecule has 22 heavy (non-hydrogen) atoms. The molecule has 0 unspecified atom stereocenters. The van der Waals surface area contributed by atoms with Crippen molar-refractivity contribution in [1.29, 1.82) is 0 Å². The molecule has 0 spiro atoms. The maximum atomic E-state index is 12.2. The highest BCUT2D eigenvalue weighted by Gasteiger charge is 2.42. The van der Waals surface area contributed by atoms with Crippen molar-refractivity contribution < 1.29 is 13.5 Å². The standard InChI is InChI=1S/C16H16F2N2OS/c17-15(18)21-11-7-5-10(6-8-11)14-9-22-16-19-12-3-1-2-4-13(12)20(14)16/h5-9,12-13,15H,1-4H2/t12-,13-/m1/s1. The molecule has 0 saturated heterocycles. The van der Waals surface area contributed by atoms with Crippen molar-refractivity contribution in [2.24, 2.45) is 4.99 Å². The highest BCUT2D eigenvalue weighted by Crippen LogP contribution is 2.44. The zero-order valence-corrected chi connectivity index (χ0v) is 12.7. The first-order valence-corrected chi connectivity index (χ1v) is 8.39. The minimum Gasteiger partial charge on any atom is -0.435 e. The van der Waals surface area contributed by atoms with Crippen LogP contribution in [0.4, 0.5) is 8.78 Å². The summed E-state index contributed by atoms with van der Waals surface area (Å²) in [6.07, 6.45) is 4.84. The lowest BCUT2D eigenvalue weighted by Crippen LogP contribution is -2.38. The quantitative estimate of drug-likeness (QED) is 0.829. The molecule has 1 aromatic rings. The summed E-state index contributed by atoms with van der Waals surface area (Å²) >= 11 is 1.66. The number of nitrogens with zero attached hydrogens (tertiary/aromatic N) is 2. The van der Waals surface area contributed by atoms with Crippen LogP contribution in [-0.2, 0) is 0 Å². The Morgan fingerprint density at radius 1 is 1.18 bits per heavy atom. The van der Waals surface area contributed by atoms with Crippen molar-refractivity contribution in [3.63, 3.8) is 0 Å². The number of thioether (sulfide) groups is 1. The third-order valence-electron chi connectivity index (χ3n) is 4.42. The molecule has 0 bridgehead atoms. The van der Waals surface area contributed by atoms with Gasteiger partial charge in [0.25, 0.3) is 0 Å². The Hall–Kier alpha value is -1.56. The predicted octanol–water partition coefficient (Wildman–Crippen LogP) is 4.32. The first kappa shape index (κ1) is 14.1. The van der Waals surface area contributed by atoms with Crippen molar-refractivity contribution in [3.05, 3.63) is 35.2 Å². The van der Waals surface area contributed by atoms with Crippen molar-refractivity contribution in [1.82, 2.24) is 4.90 Å². The van der Waals surface area contributed by atoms with Crippen LogP contribution in [0.5, 0.6) is 5.75 Å². The monoisotopic (exact) mass is 322 g/mol. The third kappa shape index (κ3) is 2.39. The molecule has 3 nitrogen and oxygen atoms in total. The molecule has 2 aliphatic heterocycles. The van der Waals surface area contributed by atoms with E-state index in [-0.39, 0.29) is 5.75 Å². The molecule has 2 heterocycles. The van der Waals surface area contributed by atoms with Crippen molar-refractivity contribution in [2.75, 3.05) is 0 Å². The van der Waals surface area contributed by atoms with E-state index in [1.165, 1.54) is 25.7 Å². The highest BCUT2D eigenvalue weighted by atomic mass is 32.2. The number of alkyl halides is 2. The van der Waals surface area contributed by atoms with Crippen LogP contribution in [0.1, 0.15) is 31.2 Å². The average molecular weight is 322 g/mol. The molecule has 6 heteroatoms. The normalized spacial score (nSPS) is 26.6. The molecule has 0 radical (unpaired) electrons. The lowest BCUT2D eigenvalue weighted by Gasteiger charge is -2.32. The Kier molecular flexibility index (Phi) is 3.56. The van der Waals surface area contributed by atoms with E-state index >= 15 is 0 Å². The smallest absolute Gasteiger partial charge is 0.387 e. The maximum absolute atomic E-state index is 12.2. The number of rotatable bonds is 3. The summed E-state index contributed by atoms with van der Waals surface area (Å²) in [7, 11) is 0. The fourth-order valence-electron chi connectivity index (χ4n) is 3.44. The van der Waals surface area contributed by atoms with Gasteiger partial charge in [-0.1, -0.05) is 24.6 Å². The van der Waals surface area contributed by atoms with E-state index in [9.17, 15) is 8.78 Å². The van der Waals surface area contributed by atoms with Gasteiger partial charge in [0.05, 0.1) is 17.8 Å². The molecule has 0 amide bonds. The van der Waals surface area contributed by atoms with E-state index in [1.807, 2.05) is 12.1 Å². The van der Waals surface area contributed by atoms with Crippen LogP contribution in [-0.4, -0.2) is 28.8 Å². The number of ether oxygens (including phenoxy) is 1. The number of hydrogen-bond acceptors (Lipinski definition) is 4. The number of halogens is 2. The van der Waals surface area contributed by atoms with Gasteiger partial charge in [-0.15, -0.1) is 0 Å². The Morgan fingerprint density at radius 2 is 1.95 bits per heavy atom. The van der Waals surface area contributed by atoms with Crippen LogP contribution >= 0.6 is 11.8 Å².